The van der Waals surface area contributed by atoms with Crippen LogP contribution in [-0.4, -0.2) is 76.0 Å². The van der Waals surface area contributed by atoms with Gasteiger partial charge in [-0.25, -0.2) is 9.78 Å². The molecule has 0 atom stereocenters. The Morgan fingerprint density at radius 3 is 2.27 bits per heavy atom. The molecule has 9 nitrogen and oxygen atoms in total. The van der Waals surface area contributed by atoms with E-state index >= 15 is 0 Å². The van der Waals surface area contributed by atoms with E-state index in [1.54, 1.807) is 11.3 Å². The Kier molecular flexibility index (Phi) is 10.2. The van der Waals surface area contributed by atoms with E-state index in [4.69, 9.17) is 29.0 Å². The Hall–Kier alpha value is -2.92. The van der Waals surface area contributed by atoms with E-state index in [1.807, 2.05) is 37.4 Å². The molecule has 0 saturated heterocycles. The van der Waals surface area contributed by atoms with Gasteiger partial charge >= 0.3 is 6.09 Å². The summed E-state index contributed by atoms with van der Waals surface area (Å²) in [4.78, 5) is 15.0. The first-order valence-corrected chi connectivity index (χ1v) is 11.5. The maximum atomic E-state index is 10.3. The van der Waals surface area contributed by atoms with Gasteiger partial charge in [0.1, 0.15) is 17.4 Å². The van der Waals surface area contributed by atoms with Gasteiger partial charge in [-0.2, -0.15) is 0 Å². The summed E-state index contributed by atoms with van der Waals surface area (Å²) in [6.07, 6.45) is -1.05. The van der Waals surface area contributed by atoms with Crippen molar-refractivity contribution < 1.29 is 28.8 Å². The molecule has 1 amide bonds. The molecule has 1 aromatic heterocycles. The largest absolute Gasteiger partial charge is 0.491 e. The average Bonchev–Trinajstić information content (AvgIpc) is 3.25. The average molecular weight is 476 g/mol. The summed E-state index contributed by atoms with van der Waals surface area (Å²) in [7, 11) is 1.90. The maximum absolute atomic E-state index is 10.3. The van der Waals surface area contributed by atoms with Crippen LogP contribution in [0.4, 0.5) is 10.5 Å². The van der Waals surface area contributed by atoms with Crippen molar-refractivity contribution in [1.29, 1.82) is 0 Å². The first-order valence-electron chi connectivity index (χ1n) is 10.7. The van der Waals surface area contributed by atoms with Crippen LogP contribution in [0, 0.1) is 0 Å². The first-order chi connectivity index (χ1) is 16.2. The zero-order valence-corrected chi connectivity index (χ0v) is 19.4. The minimum Gasteiger partial charge on any atom is -0.491 e. The summed E-state index contributed by atoms with van der Waals surface area (Å²) < 4.78 is 23.0. The second-order valence-corrected chi connectivity index (χ2v) is 7.92. The number of fused-ring (bicyclic) bond motifs is 1. The molecule has 3 aromatic rings. The van der Waals surface area contributed by atoms with Crippen molar-refractivity contribution in [3.8, 4) is 16.3 Å². The normalized spacial score (nSPS) is 10.9. The molecular weight excluding hydrogens is 446 g/mol. The van der Waals surface area contributed by atoms with Crippen LogP contribution in [0.3, 0.4) is 0 Å². The van der Waals surface area contributed by atoms with Crippen LogP contribution in [0.25, 0.3) is 20.8 Å². The Balaban J connectivity index is 1.29. The molecule has 1 heterocycles. The lowest BCUT2D eigenvalue weighted by molar-refractivity contribution is 0.00993. The Morgan fingerprint density at radius 2 is 1.61 bits per heavy atom. The van der Waals surface area contributed by atoms with Crippen molar-refractivity contribution in [2.75, 3.05) is 65.2 Å². The Labute approximate surface area is 196 Å². The van der Waals surface area contributed by atoms with Crippen molar-refractivity contribution in [2.24, 2.45) is 0 Å². The fourth-order valence-electron chi connectivity index (χ4n) is 2.89. The number of nitrogens with one attached hydrogen (secondary N) is 2. The predicted molar refractivity (Wildman–Crippen MR) is 129 cm³/mol. The first kappa shape index (κ1) is 24.7. The number of nitrogens with zero attached hydrogens (tertiary/aromatic N) is 1. The summed E-state index contributed by atoms with van der Waals surface area (Å²) in [5.41, 5.74) is 3.12. The van der Waals surface area contributed by atoms with Crippen LogP contribution in [0.5, 0.6) is 5.75 Å². The number of hydrogen-bond donors (Lipinski definition) is 3. The van der Waals surface area contributed by atoms with Gasteiger partial charge < -0.3 is 34.7 Å². The van der Waals surface area contributed by atoms with E-state index < -0.39 is 6.09 Å². The summed E-state index contributed by atoms with van der Waals surface area (Å²) in [5, 5.41) is 14.7. The van der Waals surface area contributed by atoms with E-state index in [0.717, 1.165) is 32.2 Å². The van der Waals surface area contributed by atoms with Crippen LogP contribution in [0.1, 0.15) is 0 Å². The van der Waals surface area contributed by atoms with Crippen molar-refractivity contribution in [2.45, 2.75) is 0 Å². The number of benzene rings is 2. The van der Waals surface area contributed by atoms with E-state index in [2.05, 4.69) is 22.8 Å². The highest BCUT2D eigenvalue weighted by atomic mass is 32.1. The van der Waals surface area contributed by atoms with Gasteiger partial charge in [0.15, 0.2) is 0 Å². The number of carbonyl (C=O) groups is 1. The fraction of sp³-hybridized carbons (Fsp3) is 0.391. The van der Waals surface area contributed by atoms with Crippen LogP contribution in [0.15, 0.2) is 42.5 Å². The molecule has 178 valence electrons. The second kappa shape index (κ2) is 13.6. The summed E-state index contributed by atoms with van der Waals surface area (Å²) in [6.45, 7) is 3.26. The maximum Gasteiger partial charge on any atom is 0.404 e. The lowest BCUT2D eigenvalue weighted by Crippen LogP contribution is -2.25. The number of aromatic nitrogens is 1. The van der Waals surface area contributed by atoms with Gasteiger partial charge in [-0.05, 0) is 42.5 Å². The van der Waals surface area contributed by atoms with Crippen molar-refractivity contribution in [1.82, 2.24) is 10.3 Å². The SMILES string of the molecule is CNc1ccc(-c2nc3ccc(OCCOCCOCCOCCNC(=O)O)cc3s2)cc1. The number of thiazole rings is 1. The van der Waals surface area contributed by atoms with Gasteiger partial charge in [0.05, 0.1) is 49.9 Å². The molecule has 3 rings (SSSR count). The van der Waals surface area contributed by atoms with Crippen molar-refractivity contribution >= 4 is 33.3 Å². The molecular formula is C23H29N3O6S. The summed E-state index contributed by atoms with van der Waals surface area (Å²) in [6, 6.07) is 14.1. The van der Waals surface area contributed by atoms with Crippen LogP contribution in [-0.2, 0) is 14.2 Å². The lowest BCUT2D eigenvalue weighted by atomic mass is 10.2. The molecule has 0 unspecified atom stereocenters. The molecule has 0 fully saturated rings. The second-order valence-electron chi connectivity index (χ2n) is 6.89. The molecule has 0 aliphatic heterocycles. The molecule has 0 aliphatic carbocycles. The topological polar surface area (TPSA) is 111 Å². The van der Waals surface area contributed by atoms with Gasteiger partial charge in [0.25, 0.3) is 0 Å². The number of carboxylic acid groups (broad SMARTS) is 1. The number of rotatable bonds is 15. The van der Waals surface area contributed by atoms with Gasteiger partial charge in [-0.3, -0.25) is 0 Å². The van der Waals surface area contributed by atoms with E-state index in [-0.39, 0.29) is 6.54 Å². The highest BCUT2D eigenvalue weighted by molar-refractivity contribution is 7.21. The van der Waals surface area contributed by atoms with E-state index in [9.17, 15) is 4.79 Å². The zero-order valence-electron chi connectivity index (χ0n) is 18.5. The fourth-order valence-corrected chi connectivity index (χ4v) is 3.89. The standard InChI is InChI=1S/C23H29N3O6S/c1-24-18-4-2-17(3-5-18)22-26-20-7-6-19(16-21(20)33-22)32-15-14-31-13-12-30-11-10-29-9-8-25-23(27)28/h2-7,16,24-25H,8-15H2,1H3,(H,27,28). The van der Waals surface area contributed by atoms with Crippen molar-refractivity contribution in [3.63, 3.8) is 0 Å². The third kappa shape index (κ3) is 8.50. The van der Waals surface area contributed by atoms with Crippen LogP contribution < -0.4 is 15.4 Å². The quantitative estimate of drug-likeness (QED) is 0.285. The summed E-state index contributed by atoms with van der Waals surface area (Å²) >= 11 is 1.64. The van der Waals surface area contributed by atoms with Gasteiger partial charge in [-0.1, -0.05) is 0 Å². The molecule has 3 N–H and O–H groups in total. The van der Waals surface area contributed by atoms with Gasteiger partial charge in [0, 0.05) is 24.8 Å². The molecule has 0 spiro atoms. The minimum atomic E-state index is -1.05. The third-order valence-corrected chi connectivity index (χ3v) is 5.61. The Morgan fingerprint density at radius 1 is 0.939 bits per heavy atom. The number of ether oxygens (including phenoxy) is 4. The summed E-state index contributed by atoms with van der Waals surface area (Å²) in [5.74, 6) is 0.789. The monoisotopic (exact) mass is 475 g/mol. The number of hydrogen-bond acceptors (Lipinski definition) is 8. The van der Waals surface area contributed by atoms with Gasteiger partial charge in [0.2, 0.25) is 0 Å². The smallest absolute Gasteiger partial charge is 0.404 e. The van der Waals surface area contributed by atoms with Crippen LogP contribution in [0.2, 0.25) is 0 Å². The molecule has 0 radical (unpaired) electrons. The number of amides is 1. The highest BCUT2D eigenvalue weighted by Gasteiger charge is 2.08. The molecule has 10 heteroatoms. The third-order valence-electron chi connectivity index (χ3n) is 4.54. The molecule has 0 saturated carbocycles. The molecule has 0 bridgehead atoms. The van der Waals surface area contributed by atoms with E-state index in [0.29, 0.717) is 46.2 Å². The van der Waals surface area contributed by atoms with Gasteiger partial charge in [-0.15, -0.1) is 11.3 Å². The van der Waals surface area contributed by atoms with E-state index in [1.165, 1.54) is 0 Å². The number of anilines is 1. The molecule has 2 aromatic carbocycles. The zero-order chi connectivity index (χ0) is 23.3. The van der Waals surface area contributed by atoms with Crippen molar-refractivity contribution in [3.05, 3.63) is 42.5 Å². The Bertz CT molecular complexity index is 996. The lowest BCUT2D eigenvalue weighted by Gasteiger charge is -2.08. The predicted octanol–water partition coefficient (Wildman–Crippen LogP) is 3.70. The molecule has 0 aliphatic rings. The molecule has 33 heavy (non-hydrogen) atoms. The highest BCUT2D eigenvalue weighted by Crippen LogP contribution is 2.32. The van der Waals surface area contributed by atoms with Crippen LogP contribution >= 0.6 is 11.3 Å². The minimum absolute atomic E-state index is 0.264.